The minimum Gasteiger partial charge on any atom is -1.00 e. The van der Waals surface area contributed by atoms with Crippen LogP contribution in [0.5, 0.6) is 0 Å². The average Bonchev–Trinajstić information content (AvgIpc) is 0. The Morgan fingerprint density at radius 3 is 1.00 bits per heavy atom. The van der Waals surface area contributed by atoms with Gasteiger partial charge in [-0.15, -0.1) is 34.0 Å². The van der Waals surface area contributed by atoms with Crippen molar-refractivity contribution >= 4 is 34.0 Å². The van der Waals surface area contributed by atoms with Crippen LogP contribution in [0.3, 0.4) is 0 Å². The van der Waals surface area contributed by atoms with Gasteiger partial charge in [-0.05, 0) is 0 Å². The molecule has 20 valence electrons. The van der Waals surface area contributed by atoms with Gasteiger partial charge in [0.15, 0.2) is 0 Å². The van der Waals surface area contributed by atoms with E-state index in [1.54, 1.807) is 0 Å². The van der Waals surface area contributed by atoms with E-state index in [0.29, 0.717) is 0 Å². The van der Waals surface area contributed by atoms with E-state index in [1.165, 1.54) is 0 Å². The maximum atomic E-state index is 0. The molecule has 0 fully saturated rings. The minimum absolute atomic E-state index is 0. The third-order valence-electron chi connectivity index (χ3n) is 0. The molecule has 4 heteroatoms. The van der Waals surface area contributed by atoms with Crippen LogP contribution in [0.1, 0.15) is 1.43 Å². The second-order valence-corrected chi connectivity index (χ2v) is 0. The quantitative estimate of drug-likeness (QED) is 0.438. The van der Waals surface area contributed by atoms with Gasteiger partial charge in [-0.1, -0.05) is 0 Å². The van der Waals surface area contributed by atoms with Gasteiger partial charge < -0.3 is 1.43 Å². The molecule has 0 atom stereocenters. The molecular formula is H3Br2LiZn. The van der Waals surface area contributed by atoms with E-state index in [0.717, 1.165) is 0 Å². The summed E-state index contributed by atoms with van der Waals surface area (Å²) in [6.07, 6.45) is 0. The molecule has 0 aromatic heterocycles. The molecule has 0 spiro atoms. The minimum atomic E-state index is 0. The van der Waals surface area contributed by atoms with Gasteiger partial charge in [-0.25, -0.2) is 0 Å². The van der Waals surface area contributed by atoms with Crippen molar-refractivity contribution in [2.75, 3.05) is 0 Å². The summed E-state index contributed by atoms with van der Waals surface area (Å²) in [5.74, 6) is 0. The second-order valence-electron chi connectivity index (χ2n) is 0. The van der Waals surface area contributed by atoms with Crippen LogP contribution in [0.15, 0.2) is 0 Å². The van der Waals surface area contributed by atoms with Crippen molar-refractivity contribution < 1.29 is 39.8 Å². The van der Waals surface area contributed by atoms with Crippen molar-refractivity contribution in [2.45, 2.75) is 0 Å². The molecule has 0 aliphatic carbocycles. The molecule has 0 bridgehead atoms. The van der Waals surface area contributed by atoms with Gasteiger partial charge in [0.1, 0.15) is 0 Å². The second kappa shape index (κ2) is 19.0. The van der Waals surface area contributed by atoms with Gasteiger partial charge >= 0.3 is 18.9 Å². The Balaban J connectivity index is 0. The first-order chi connectivity index (χ1) is 0. The molecule has 0 saturated carbocycles. The molecule has 0 nitrogen and oxygen atoms in total. The molecular weight excluding hydrogens is 232 g/mol. The Morgan fingerprint density at radius 2 is 1.00 bits per heavy atom. The van der Waals surface area contributed by atoms with E-state index in [-0.39, 0.29) is 73.7 Å². The van der Waals surface area contributed by atoms with Crippen LogP contribution < -0.4 is 18.9 Å². The van der Waals surface area contributed by atoms with Crippen molar-refractivity contribution in [1.82, 2.24) is 0 Å². The van der Waals surface area contributed by atoms with Crippen molar-refractivity contribution in [3.8, 4) is 0 Å². The fourth-order valence-electron chi connectivity index (χ4n) is 0. The normalized spacial score (nSPS) is 0. The van der Waals surface area contributed by atoms with Gasteiger partial charge in [0.2, 0.25) is 0 Å². The smallest absolute Gasteiger partial charge is 1.00 e. The molecule has 0 amide bonds. The molecule has 0 unspecified atom stereocenters. The number of hydrogen-bond acceptors (Lipinski definition) is 0. The van der Waals surface area contributed by atoms with Gasteiger partial charge in [0.05, 0.1) is 0 Å². The summed E-state index contributed by atoms with van der Waals surface area (Å²) in [7, 11) is 0. The Labute approximate surface area is 73.1 Å². The standard InChI is InChI=1S/2BrH.Li.Zn.H/h2*1H;;;/q;;+1;;-1. The number of hydrogen-bond donors (Lipinski definition) is 0. The van der Waals surface area contributed by atoms with Crippen LogP contribution in [-0.2, 0) is 19.5 Å². The molecule has 0 aromatic rings. The van der Waals surface area contributed by atoms with E-state index >= 15 is 0 Å². The molecule has 0 N–H and O–H groups in total. The van der Waals surface area contributed by atoms with Crippen LogP contribution in [0.2, 0.25) is 0 Å². The summed E-state index contributed by atoms with van der Waals surface area (Å²) < 4.78 is 0. The van der Waals surface area contributed by atoms with Gasteiger partial charge in [-0.2, -0.15) is 0 Å². The fourth-order valence-corrected chi connectivity index (χ4v) is 0. The van der Waals surface area contributed by atoms with Gasteiger partial charge in [0.25, 0.3) is 0 Å². The van der Waals surface area contributed by atoms with E-state index < -0.39 is 0 Å². The fraction of sp³-hybridized carbons (Fsp3) is 0. The molecule has 4 heavy (non-hydrogen) atoms. The first-order valence-corrected chi connectivity index (χ1v) is 0. The Bertz CT molecular complexity index is 9.61. The summed E-state index contributed by atoms with van der Waals surface area (Å²) in [6, 6.07) is 0. The molecule has 0 rings (SSSR count). The topological polar surface area (TPSA) is 0 Å². The summed E-state index contributed by atoms with van der Waals surface area (Å²) in [6.45, 7) is 0. The monoisotopic (exact) mass is 232 g/mol. The van der Waals surface area contributed by atoms with Crippen LogP contribution in [0, 0.1) is 0 Å². The van der Waals surface area contributed by atoms with Crippen molar-refractivity contribution in [2.24, 2.45) is 0 Å². The van der Waals surface area contributed by atoms with Gasteiger partial charge in [-0.3, -0.25) is 0 Å². The summed E-state index contributed by atoms with van der Waals surface area (Å²) in [4.78, 5) is 0. The van der Waals surface area contributed by atoms with Crippen molar-refractivity contribution in [1.29, 1.82) is 0 Å². The Kier molecular flexibility index (Phi) is 166. The van der Waals surface area contributed by atoms with E-state index in [1.807, 2.05) is 0 Å². The predicted octanol–water partition coefficient (Wildman–Crippen LogP) is -1.73. The summed E-state index contributed by atoms with van der Waals surface area (Å²) in [5, 5.41) is 0. The van der Waals surface area contributed by atoms with Crippen LogP contribution in [0.25, 0.3) is 0 Å². The van der Waals surface area contributed by atoms with E-state index in [4.69, 9.17) is 0 Å². The van der Waals surface area contributed by atoms with Crippen LogP contribution >= 0.6 is 34.0 Å². The third kappa shape index (κ3) is 8.89. The Morgan fingerprint density at radius 1 is 1.00 bits per heavy atom. The van der Waals surface area contributed by atoms with Crippen molar-refractivity contribution in [3.63, 3.8) is 0 Å². The van der Waals surface area contributed by atoms with Crippen LogP contribution in [-0.4, -0.2) is 0 Å². The van der Waals surface area contributed by atoms with Gasteiger partial charge in [0, 0.05) is 19.5 Å². The molecule has 0 heterocycles. The molecule has 0 aliphatic rings. The Hall–Kier alpha value is 2.18. The SMILES string of the molecule is Br.Br.[H-].[Li+].[Zn]. The zero-order valence-electron chi connectivity index (χ0n) is 3.52. The molecule has 0 aliphatic heterocycles. The molecule has 0 radical (unpaired) electrons. The zero-order valence-corrected chi connectivity index (χ0v) is 8.92. The molecule has 0 aromatic carbocycles. The molecule has 0 saturated heterocycles. The first-order valence-electron chi connectivity index (χ1n) is 0. The maximum absolute atomic E-state index is 0. The van der Waals surface area contributed by atoms with Crippen LogP contribution in [0.4, 0.5) is 0 Å². The first kappa shape index (κ1) is 34.9. The predicted molar refractivity (Wildman–Crippen MR) is 21.8 cm³/mol. The summed E-state index contributed by atoms with van der Waals surface area (Å²) in [5.41, 5.74) is 0. The largest absolute Gasteiger partial charge is 1.00 e. The maximum Gasteiger partial charge on any atom is 1.00 e. The summed E-state index contributed by atoms with van der Waals surface area (Å²) >= 11 is 0. The number of rotatable bonds is 0. The van der Waals surface area contributed by atoms with E-state index in [2.05, 4.69) is 0 Å². The average molecular weight is 235 g/mol. The zero-order chi connectivity index (χ0) is 0. The number of halogens is 2. The van der Waals surface area contributed by atoms with E-state index in [9.17, 15) is 0 Å². The van der Waals surface area contributed by atoms with Crippen molar-refractivity contribution in [3.05, 3.63) is 0 Å². The third-order valence-corrected chi connectivity index (χ3v) is 0.